The van der Waals surface area contributed by atoms with Gasteiger partial charge >= 0.3 is 12.0 Å². The van der Waals surface area contributed by atoms with Crippen molar-refractivity contribution in [3.05, 3.63) is 0 Å². The number of carboxylic acid groups (broad SMARTS) is 1. The number of carbonyl (C=O) groups excluding carboxylic acids is 1. The second-order valence-electron chi connectivity index (χ2n) is 6.31. The third kappa shape index (κ3) is 4.90. The number of urea groups is 1. The minimum atomic E-state index is -0.779. The number of hydrogen-bond donors (Lipinski definition) is 2. The zero-order chi connectivity index (χ0) is 15.9. The summed E-state index contributed by atoms with van der Waals surface area (Å²) in [6.07, 6.45) is 6.44. The van der Waals surface area contributed by atoms with E-state index >= 15 is 0 Å². The van der Waals surface area contributed by atoms with Gasteiger partial charge in [-0.15, -0.1) is 0 Å². The molecule has 0 radical (unpaired) electrons. The first-order chi connectivity index (χ1) is 9.95. The molecule has 2 unspecified atom stereocenters. The number of likely N-dealkylation sites (tertiary alicyclic amines) is 1. The van der Waals surface area contributed by atoms with E-state index in [1.807, 2.05) is 13.8 Å². The number of aliphatic carboxylic acids is 1. The minimum absolute atomic E-state index is 0.113. The maximum Gasteiger partial charge on any atom is 0.317 e. The Labute approximate surface area is 128 Å². The summed E-state index contributed by atoms with van der Waals surface area (Å²) in [5, 5.41) is 12.5. The van der Waals surface area contributed by atoms with Gasteiger partial charge < -0.3 is 15.3 Å². The number of amides is 2. The van der Waals surface area contributed by atoms with Crippen LogP contribution in [0.4, 0.5) is 4.79 Å². The predicted octanol–water partition coefficient (Wildman–Crippen LogP) is 3.24. The Bertz CT molecular complexity index is 359. The second kappa shape index (κ2) is 8.25. The van der Waals surface area contributed by atoms with Crippen molar-refractivity contribution in [1.82, 2.24) is 10.2 Å². The van der Waals surface area contributed by atoms with E-state index in [0.717, 1.165) is 19.3 Å². The van der Waals surface area contributed by atoms with Gasteiger partial charge in [-0.25, -0.2) is 4.79 Å². The van der Waals surface area contributed by atoms with Crippen molar-refractivity contribution in [2.45, 2.75) is 71.8 Å². The largest absolute Gasteiger partial charge is 0.481 e. The molecule has 5 heteroatoms. The molecule has 0 saturated carbocycles. The van der Waals surface area contributed by atoms with Gasteiger partial charge in [0.25, 0.3) is 0 Å². The summed E-state index contributed by atoms with van der Waals surface area (Å²) in [7, 11) is 0. The van der Waals surface area contributed by atoms with Crippen LogP contribution in [0.15, 0.2) is 0 Å². The van der Waals surface area contributed by atoms with Crippen LogP contribution >= 0.6 is 0 Å². The van der Waals surface area contributed by atoms with Crippen LogP contribution in [0.3, 0.4) is 0 Å². The third-order valence-corrected chi connectivity index (χ3v) is 4.61. The molecule has 1 aliphatic heterocycles. The molecule has 2 atom stereocenters. The standard InChI is InChI=1S/C16H30N2O3/c1-4-6-7-9-13(3)17-15(21)18-11-8-10-16(5-2,12-18)14(19)20/h13H,4-12H2,1-3H3,(H,17,21)(H,19,20). The highest BCUT2D eigenvalue weighted by Crippen LogP contribution is 2.33. The van der Waals surface area contributed by atoms with Crippen molar-refractivity contribution in [1.29, 1.82) is 0 Å². The lowest BCUT2D eigenvalue weighted by Gasteiger charge is -2.39. The third-order valence-electron chi connectivity index (χ3n) is 4.61. The van der Waals surface area contributed by atoms with Crippen LogP contribution in [0.2, 0.25) is 0 Å². The fourth-order valence-corrected chi connectivity index (χ4v) is 2.99. The van der Waals surface area contributed by atoms with E-state index in [2.05, 4.69) is 12.2 Å². The summed E-state index contributed by atoms with van der Waals surface area (Å²) in [5.41, 5.74) is -0.763. The van der Waals surface area contributed by atoms with Gasteiger partial charge in [-0.05, 0) is 32.6 Å². The van der Waals surface area contributed by atoms with Gasteiger partial charge in [0.2, 0.25) is 0 Å². The zero-order valence-electron chi connectivity index (χ0n) is 13.7. The van der Waals surface area contributed by atoms with Crippen molar-refractivity contribution >= 4 is 12.0 Å². The first-order valence-electron chi connectivity index (χ1n) is 8.24. The number of rotatable bonds is 7. The number of nitrogens with zero attached hydrogens (tertiary/aromatic N) is 1. The molecular formula is C16H30N2O3. The molecule has 122 valence electrons. The van der Waals surface area contributed by atoms with Gasteiger partial charge in [0.05, 0.1) is 5.41 Å². The molecule has 0 aromatic rings. The van der Waals surface area contributed by atoms with E-state index < -0.39 is 11.4 Å². The van der Waals surface area contributed by atoms with E-state index in [1.54, 1.807) is 4.90 Å². The fourth-order valence-electron chi connectivity index (χ4n) is 2.99. The van der Waals surface area contributed by atoms with Crippen molar-refractivity contribution in [2.24, 2.45) is 5.41 Å². The van der Waals surface area contributed by atoms with Gasteiger partial charge in [-0.3, -0.25) is 4.79 Å². The minimum Gasteiger partial charge on any atom is -0.481 e. The van der Waals surface area contributed by atoms with E-state index in [9.17, 15) is 14.7 Å². The van der Waals surface area contributed by atoms with E-state index in [-0.39, 0.29) is 12.1 Å². The van der Waals surface area contributed by atoms with Gasteiger partial charge in [0.1, 0.15) is 0 Å². The lowest BCUT2D eigenvalue weighted by Crippen LogP contribution is -2.53. The molecule has 0 aromatic carbocycles. The number of carboxylic acids is 1. The molecule has 0 bridgehead atoms. The van der Waals surface area contributed by atoms with Crippen molar-refractivity contribution in [3.63, 3.8) is 0 Å². The second-order valence-corrected chi connectivity index (χ2v) is 6.31. The number of nitrogens with one attached hydrogen (secondary N) is 1. The number of unbranched alkanes of at least 4 members (excludes halogenated alkanes) is 2. The summed E-state index contributed by atoms with van der Waals surface area (Å²) in [5.74, 6) is -0.779. The highest BCUT2D eigenvalue weighted by atomic mass is 16.4. The van der Waals surface area contributed by atoms with Gasteiger partial charge in [0.15, 0.2) is 0 Å². The molecule has 2 amide bonds. The molecule has 1 saturated heterocycles. The molecule has 21 heavy (non-hydrogen) atoms. The van der Waals surface area contributed by atoms with Crippen molar-refractivity contribution in [3.8, 4) is 0 Å². The topological polar surface area (TPSA) is 69.6 Å². The molecule has 0 spiro atoms. The summed E-state index contributed by atoms with van der Waals surface area (Å²) in [4.78, 5) is 25.5. The Kier molecular flexibility index (Phi) is 6.99. The lowest BCUT2D eigenvalue weighted by molar-refractivity contribution is -0.152. The van der Waals surface area contributed by atoms with Crippen LogP contribution in [0.25, 0.3) is 0 Å². The van der Waals surface area contributed by atoms with Gasteiger partial charge in [0, 0.05) is 19.1 Å². The van der Waals surface area contributed by atoms with Crippen molar-refractivity contribution in [2.75, 3.05) is 13.1 Å². The molecule has 1 fully saturated rings. The monoisotopic (exact) mass is 298 g/mol. The molecule has 1 aliphatic rings. The summed E-state index contributed by atoms with van der Waals surface area (Å²) in [6, 6.07) is 0.0320. The maximum absolute atomic E-state index is 12.3. The van der Waals surface area contributed by atoms with Crippen LogP contribution < -0.4 is 5.32 Å². The molecule has 1 heterocycles. The number of carbonyl (C=O) groups is 2. The highest BCUT2D eigenvalue weighted by Gasteiger charge is 2.42. The van der Waals surface area contributed by atoms with E-state index in [1.165, 1.54) is 12.8 Å². The van der Waals surface area contributed by atoms with Gasteiger partial charge in [-0.1, -0.05) is 33.1 Å². The lowest BCUT2D eigenvalue weighted by atomic mass is 9.78. The Hall–Kier alpha value is -1.26. The van der Waals surface area contributed by atoms with E-state index in [4.69, 9.17) is 0 Å². The molecule has 1 rings (SSSR count). The first-order valence-corrected chi connectivity index (χ1v) is 8.24. The highest BCUT2D eigenvalue weighted by molar-refractivity contribution is 5.78. The summed E-state index contributed by atoms with van der Waals surface area (Å²) >= 11 is 0. The van der Waals surface area contributed by atoms with Crippen LogP contribution in [0, 0.1) is 5.41 Å². The fraction of sp³-hybridized carbons (Fsp3) is 0.875. The van der Waals surface area contributed by atoms with Crippen LogP contribution in [0.1, 0.15) is 65.7 Å². The quantitative estimate of drug-likeness (QED) is 0.709. The Balaban J connectivity index is 2.52. The molecular weight excluding hydrogens is 268 g/mol. The Morgan fingerprint density at radius 2 is 2.05 bits per heavy atom. The first kappa shape index (κ1) is 17.8. The smallest absolute Gasteiger partial charge is 0.317 e. The summed E-state index contributed by atoms with van der Waals surface area (Å²) in [6.45, 7) is 7.05. The maximum atomic E-state index is 12.3. The van der Waals surface area contributed by atoms with Crippen molar-refractivity contribution < 1.29 is 14.7 Å². The molecule has 0 aliphatic carbocycles. The number of hydrogen-bond acceptors (Lipinski definition) is 2. The van der Waals surface area contributed by atoms with Crippen LogP contribution in [0.5, 0.6) is 0 Å². The summed E-state index contributed by atoms with van der Waals surface area (Å²) < 4.78 is 0. The average molecular weight is 298 g/mol. The Morgan fingerprint density at radius 3 is 2.62 bits per heavy atom. The van der Waals surface area contributed by atoms with Crippen LogP contribution in [-0.4, -0.2) is 41.1 Å². The number of piperidine rings is 1. The predicted molar refractivity (Wildman–Crippen MR) is 83.3 cm³/mol. The van der Waals surface area contributed by atoms with Gasteiger partial charge in [-0.2, -0.15) is 0 Å². The zero-order valence-corrected chi connectivity index (χ0v) is 13.7. The SMILES string of the molecule is CCCCCC(C)NC(=O)N1CCCC(CC)(C(=O)O)C1. The normalized spacial score (nSPS) is 23.7. The molecule has 2 N–H and O–H groups in total. The Morgan fingerprint density at radius 1 is 1.33 bits per heavy atom. The van der Waals surface area contributed by atoms with E-state index in [0.29, 0.717) is 25.9 Å². The molecule has 5 nitrogen and oxygen atoms in total. The average Bonchev–Trinajstić information content (AvgIpc) is 2.47. The van der Waals surface area contributed by atoms with Crippen LogP contribution in [-0.2, 0) is 4.79 Å². The molecule has 0 aromatic heterocycles.